The molecule has 0 amide bonds. The number of halogens is 1. The van der Waals surface area contributed by atoms with E-state index in [0.29, 0.717) is 17.1 Å². The Morgan fingerprint density at radius 1 is 1.23 bits per heavy atom. The minimum atomic E-state index is -0.250. The monoisotopic (exact) mass is 429 g/mol. The van der Waals surface area contributed by atoms with Gasteiger partial charge < -0.3 is 10.0 Å². The van der Waals surface area contributed by atoms with Gasteiger partial charge in [0.15, 0.2) is 0 Å². The Balaban J connectivity index is 0.00000101. The molecule has 10 heteroatoms. The van der Waals surface area contributed by atoms with E-state index in [-0.39, 0.29) is 6.47 Å². The van der Waals surface area contributed by atoms with Gasteiger partial charge in [-0.3, -0.25) is 14.8 Å². The van der Waals surface area contributed by atoms with Crippen molar-refractivity contribution in [2.24, 2.45) is 10.2 Å². The smallest absolute Gasteiger partial charge is 0.290 e. The van der Waals surface area contributed by atoms with Crippen molar-refractivity contribution in [3.63, 3.8) is 0 Å². The predicted molar refractivity (Wildman–Crippen MR) is 119 cm³/mol. The number of fused-ring (bicyclic) bond motifs is 1. The number of benzene rings is 2. The summed E-state index contributed by atoms with van der Waals surface area (Å²) in [6, 6.07) is 13.7. The van der Waals surface area contributed by atoms with Crippen LogP contribution in [0.3, 0.4) is 0 Å². The molecule has 0 aromatic heterocycles. The van der Waals surface area contributed by atoms with E-state index in [1.807, 2.05) is 54.4 Å². The van der Waals surface area contributed by atoms with Crippen LogP contribution in [0.2, 0.25) is 5.02 Å². The number of carbonyl (C=O) groups is 1. The molecule has 3 rings (SSSR count). The van der Waals surface area contributed by atoms with Crippen LogP contribution in [-0.4, -0.2) is 38.8 Å². The van der Waals surface area contributed by atoms with Crippen LogP contribution in [0.25, 0.3) is 0 Å². The first-order valence-electron chi connectivity index (χ1n) is 9.24. The molecule has 2 N–H and O–H groups in total. The lowest BCUT2D eigenvalue weighted by molar-refractivity contribution is -0.122. The van der Waals surface area contributed by atoms with Gasteiger partial charge in [0.05, 0.1) is 23.9 Å². The summed E-state index contributed by atoms with van der Waals surface area (Å²) in [5, 5.41) is 28.8. The SMILES string of the molecule is CCN(CCC#N)c1ccc(N=Nc2cc(Cl)cc3c2N(C)NN3C)cc1.O=CO. The van der Waals surface area contributed by atoms with E-state index in [1.165, 1.54) is 0 Å². The number of anilines is 3. The summed E-state index contributed by atoms with van der Waals surface area (Å²) in [4.78, 5) is 10.5. The molecular formula is C20H24ClN7O2. The highest BCUT2D eigenvalue weighted by Gasteiger charge is 2.24. The zero-order chi connectivity index (χ0) is 22.1. The molecule has 0 unspecified atom stereocenters. The minimum absolute atomic E-state index is 0.250. The summed E-state index contributed by atoms with van der Waals surface area (Å²) in [6.45, 7) is 3.39. The molecule has 2 aromatic rings. The zero-order valence-electron chi connectivity index (χ0n) is 17.1. The molecule has 1 aliphatic heterocycles. The van der Waals surface area contributed by atoms with E-state index in [4.69, 9.17) is 26.8 Å². The number of hydrogen-bond donors (Lipinski definition) is 2. The summed E-state index contributed by atoms with van der Waals surface area (Å²) >= 11 is 6.23. The predicted octanol–water partition coefficient (Wildman–Crippen LogP) is 4.50. The maximum Gasteiger partial charge on any atom is 0.290 e. The largest absolute Gasteiger partial charge is 0.483 e. The molecule has 0 fully saturated rings. The average Bonchev–Trinajstić information content (AvgIpc) is 3.01. The Morgan fingerprint density at radius 2 is 1.90 bits per heavy atom. The molecule has 1 heterocycles. The highest BCUT2D eigenvalue weighted by molar-refractivity contribution is 6.31. The second kappa shape index (κ2) is 11.0. The fraction of sp³-hybridized carbons (Fsp3) is 0.300. The van der Waals surface area contributed by atoms with E-state index in [9.17, 15) is 0 Å². The number of nitriles is 1. The van der Waals surface area contributed by atoms with E-state index < -0.39 is 0 Å². The maximum atomic E-state index is 8.78. The minimum Gasteiger partial charge on any atom is -0.483 e. The summed E-state index contributed by atoms with van der Waals surface area (Å²) in [7, 11) is 3.84. The lowest BCUT2D eigenvalue weighted by Gasteiger charge is -2.21. The molecule has 2 aromatic carbocycles. The van der Waals surface area contributed by atoms with Crippen LogP contribution >= 0.6 is 11.6 Å². The standard InChI is InChI=1S/C19H22ClN7.CH2O2/c1-4-27(11-5-10-21)16-8-6-15(7-9-16)22-23-17-12-14(20)13-18-19(17)26(3)24-25(18)2;2-1-3/h6-9,12-13,24H,4-5,11H2,1-3H3;1H,(H,2,3). The fourth-order valence-electron chi connectivity index (χ4n) is 3.07. The number of nitrogens with one attached hydrogen (secondary N) is 1. The molecule has 9 nitrogen and oxygen atoms in total. The Bertz CT molecular complexity index is 928. The number of hydrazine groups is 2. The third-order valence-corrected chi connectivity index (χ3v) is 4.61. The third kappa shape index (κ3) is 5.59. The van der Waals surface area contributed by atoms with Crippen molar-refractivity contribution in [2.45, 2.75) is 13.3 Å². The van der Waals surface area contributed by atoms with Crippen LogP contribution in [-0.2, 0) is 4.79 Å². The van der Waals surface area contributed by atoms with Crippen LogP contribution in [0.15, 0.2) is 46.6 Å². The summed E-state index contributed by atoms with van der Waals surface area (Å²) < 4.78 is 0. The lowest BCUT2D eigenvalue weighted by Crippen LogP contribution is -2.39. The first-order chi connectivity index (χ1) is 14.4. The molecule has 0 bridgehead atoms. The normalized spacial score (nSPS) is 12.2. The van der Waals surface area contributed by atoms with Crippen LogP contribution in [0, 0.1) is 11.3 Å². The maximum absolute atomic E-state index is 8.78. The van der Waals surface area contributed by atoms with E-state index in [2.05, 4.69) is 33.7 Å². The van der Waals surface area contributed by atoms with Gasteiger partial charge >= 0.3 is 0 Å². The number of hydrogen-bond acceptors (Lipinski definition) is 8. The molecule has 0 radical (unpaired) electrons. The van der Waals surface area contributed by atoms with Crippen molar-refractivity contribution >= 4 is 46.5 Å². The Morgan fingerprint density at radius 3 is 2.50 bits per heavy atom. The second-order valence-corrected chi connectivity index (χ2v) is 6.76. The van der Waals surface area contributed by atoms with Crippen molar-refractivity contribution in [2.75, 3.05) is 42.1 Å². The second-order valence-electron chi connectivity index (χ2n) is 6.32. The van der Waals surface area contributed by atoms with Crippen molar-refractivity contribution in [3.8, 4) is 6.07 Å². The highest BCUT2D eigenvalue weighted by atomic mass is 35.5. The first-order valence-corrected chi connectivity index (χ1v) is 9.61. The van der Waals surface area contributed by atoms with Gasteiger partial charge in [0, 0.05) is 37.9 Å². The molecule has 0 atom stereocenters. The number of azo groups is 1. The molecule has 0 spiro atoms. The zero-order valence-corrected chi connectivity index (χ0v) is 17.8. The van der Waals surface area contributed by atoms with Crippen LogP contribution in [0.4, 0.5) is 28.4 Å². The molecule has 0 aliphatic carbocycles. The van der Waals surface area contributed by atoms with Crippen LogP contribution < -0.4 is 20.5 Å². The molecule has 0 saturated carbocycles. The number of rotatable bonds is 6. The molecule has 0 saturated heterocycles. The van der Waals surface area contributed by atoms with Gasteiger partial charge in [-0.15, -0.1) is 10.6 Å². The van der Waals surface area contributed by atoms with E-state index in [0.717, 1.165) is 35.8 Å². The average molecular weight is 430 g/mol. The van der Waals surface area contributed by atoms with Crippen molar-refractivity contribution in [3.05, 3.63) is 41.4 Å². The van der Waals surface area contributed by atoms with E-state index >= 15 is 0 Å². The Kier molecular flexibility index (Phi) is 8.41. The number of carboxylic acid groups (broad SMARTS) is 1. The molecular weight excluding hydrogens is 406 g/mol. The summed E-state index contributed by atoms with van der Waals surface area (Å²) in [6.07, 6.45) is 0.505. The first kappa shape index (κ1) is 22.9. The van der Waals surface area contributed by atoms with Gasteiger partial charge in [-0.2, -0.15) is 10.4 Å². The quantitative estimate of drug-likeness (QED) is 0.514. The Hall–Kier alpha value is -3.35. The topological polar surface area (TPSA) is 108 Å². The number of nitrogens with zero attached hydrogens (tertiary/aromatic N) is 6. The van der Waals surface area contributed by atoms with Gasteiger partial charge in [0.2, 0.25) is 0 Å². The van der Waals surface area contributed by atoms with E-state index in [1.54, 1.807) is 6.07 Å². The summed E-state index contributed by atoms with van der Waals surface area (Å²) in [5.74, 6) is 0. The van der Waals surface area contributed by atoms with Crippen molar-refractivity contribution < 1.29 is 9.90 Å². The fourth-order valence-corrected chi connectivity index (χ4v) is 3.28. The van der Waals surface area contributed by atoms with Gasteiger partial charge in [-0.1, -0.05) is 11.6 Å². The van der Waals surface area contributed by atoms with Gasteiger partial charge in [0.1, 0.15) is 11.4 Å². The van der Waals surface area contributed by atoms with Gasteiger partial charge in [0.25, 0.3) is 6.47 Å². The van der Waals surface area contributed by atoms with Crippen molar-refractivity contribution in [1.29, 1.82) is 5.26 Å². The highest BCUT2D eigenvalue weighted by Crippen LogP contribution is 2.43. The molecule has 158 valence electrons. The summed E-state index contributed by atoms with van der Waals surface area (Å²) in [5.41, 5.74) is 7.57. The van der Waals surface area contributed by atoms with Gasteiger partial charge in [-0.05, 0) is 43.3 Å². The van der Waals surface area contributed by atoms with Crippen LogP contribution in [0.1, 0.15) is 13.3 Å². The molecule has 1 aliphatic rings. The third-order valence-electron chi connectivity index (χ3n) is 4.39. The van der Waals surface area contributed by atoms with Gasteiger partial charge in [-0.25, -0.2) is 0 Å². The molecule has 30 heavy (non-hydrogen) atoms. The Labute approximate surface area is 180 Å². The van der Waals surface area contributed by atoms with Crippen molar-refractivity contribution in [1.82, 2.24) is 5.53 Å². The van der Waals surface area contributed by atoms with Crippen LogP contribution in [0.5, 0.6) is 0 Å². The lowest BCUT2D eigenvalue weighted by atomic mass is 10.2.